The second-order valence-corrected chi connectivity index (χ2v) is 4.61. The molecule has 0 radical (unpaired) electrons. The Labute approximate surface area is 109 Å². The third-order valence-electron chi connectivity index (χ3n) is 3.35. The summed E-state index contributed by atoms with van der Waals surface area (Å²) in [5.41, 5.74) is -0.753. The van der Waals surface area contributed by atoms with Crippen LogP contribution in [0, 0.1) is 0 Å². The van der Waals surface area contributed by atoms with Crippen LogP contribution in [-0.4, -0.2) is 51.1 Å². The van der Waals surface area contributed by atoms with Crippen LogP contribution in [0.4, 0.5) is 0 Å². The molecule has 1 fully saturated rings. The van der Waals surface area contributed by atoms with Crippen molar-refractivity contribution in [3.8, 4) is 0 Å². The van der Waals surface area contributed by atoms with Gasteiger partial charge in [0.1, 0.15) is 5.54 Å². The third-order valence-corrected chi connectivity index (χ3v) is 3.35. The molecule has 5 nitrogen and oxygen atoms in total. The second-order valence-electron chi connectivity index (χ2n) is 4.61. The molecular weight excluding hydrogens is 234 g/mol. The molecule has 1 aliphatic heterocycles. The third kappa shape index (κ3) is 3.93. The molecule has 0 aromatic rings. The maximum atomic E-state index is 12.1. The summed E-state index contributed by atoms with van der Waals surface area (Å²) >= 11 is 0. The van der Waals surface area contributed by atoms with E-state index in [1.165, 1.54) is 0 Å². The zero-order valence-electron chi connectivity index (χ0n) is 11.7. The number of carbonyl (C=O) groups excluding carboxylic acids is 1. The molecule has 1 saturated heterocycles. The van der Waals surface area contributed by atoms with Gasteiger partial charge in [0.05, 0.1) is 19.3 Å². The van der Waals surface area contributed by atoms with Crippen molar-refractivity contribution in [2.24, 2.45) is 0 Å². The van der Waals surface area contributed by atoms with Crippen molar-refractivity contribution in [1.29, 1.82) is 0 Å². The van der Waals surface area contributed by atoms with Gasteiger partial charge in [0.2, 0.25) is 0 Å². The van der Waals surface area contributed by atoms with Crippen LogP contribution in [0.15, 0.2) is 0 Å². The minimum Gasteiger partial charge on any atom is -0.465 e. The highest BCUT2D eigenvalue weighted by Gasteiger charge is 2.38. The van der Waals surface area contributed by atoms with Crippen LogP contribution in [0.1, 0.15) is 33.1 Å². The van der Waals surface area contributed by atoms with Crippen molar-refractivity contribution in [2.45, 2.75) is 44.8 Å². The van der Waals surface area contributed by atoms with E-state index in [1.807, 2.05) is 13.8 Å². The van der Waals surface area contributed by atoms with Crippen LogP contribution >= 0.6 is 0 Å². The van der Waals surface area contributed by atoms with Gasteiger partial charge in [-0.15, -0.1) is 0 Å². The van der Waals surface area contributed by atoms with Crippen LogP contribution in [-0.2, 0) is 19.0 Å². The van der Waals surface area contributed by atoms with Gasteiger partial charge in [-0.25, -0.2) is 4.79 Å². The molecule has 1 rings (SSSR count). The number of rotatable bonds is 8. The standard InChI is InChI=1S/C13H25NO4/c1-4-13(10-16-3,12(15)17-5-2)14-9-11-7-6-8-18-11/h11,14H,4-10H2,1-3H3. The van der Waals surface area contributed by atoms with E-state index < -0.39 is 5.54 Å². The first-order valence-corrected chi connectivity index (χ1v) is 6.71. The largest absolute Gasteiger partial charge is 0.465 e. The molecule has 1 N–H and O–H groups in total. The predicted octanol–water partition coefficient (Wildman–Crippen LogP) is 1.11. The average molecular weight is 259 g/mol. The molecule has 106 valence electrons. The quantitative estimate of drug-likeness (QED) is 0.662. The fraction of sp³-hybridized carbons (Fsp3) is 0.923. The smallest absolute Gasteiger partial charge is 0.328 e. The lowest BCUT2D eigenvalue weighted by Gasteiger charge is -2.31. The number of ether oxygens (including phenoxy) is 3. The predicted molar refractivity (Wildman–Crippen MR) is 68.5 cm³/mol. The van der Waals surface area contributed by atoms with Crippen LogP contribution in [0.3, 0.4) is 0 Å². The van der Waals surface area contributed by atoms with Crippen molar-refractivity contribution in [3.05, 3.63) is 0 Å². The lowest BCUT2D eigenvalue weighted by Crippen LogP contribution is -2.57. The molecule has 2 unspecified atom stereocenters. The zero-order chi connectivity index (χ0) is 13.4. The molecule has 0 aliphatic carbocycles. The van der Waals surface area contributed by atoms with Crippen LogP contribution in [0.25, 0.3) is 0 Å². The summed E-state index contributed by atoms with van der Waals surface area (Å²) in [5.74, 6) is -0.243. The lowest BCUT2D eigenvalue weighted by molar-refractivity contribution is -0.154. The van der Waals surface area contributed by atoms with Gasteiger partial charge < -0.3 is 14.2 Å². The summed E-state index contributed by atoms with van der Waals surface area (Å²) in [6, 6.07) is 0. The van der Waals surface area contributed by atoms with E-state index in [-0.39, 0.29) is 12.1 Å². The first-order chi connectivity index (χ1) is 8.68. The Kier molecular flexibility index (Phi) is 6.60. The van der Waals surface area contributed by atoms with Crippen LogP contribution in [0.2, 0.25) is 0 Å². The van der Waals surface area contributed by atoms with Gasteiger partial charge in [0.15, 0.2) is 0 Å². The van der Waals surface area contributed by atoms with Crippen molar-refractivity contribution in [2.75, 3.05) is 33.5 Å². The van der Waals surface area contributed by atoms with Gasteiger partial charge in [-0.3, -0.25) is 5.32 Å². The molecule has 0 spiro atoms. The first kappa shape index (κ1) is 15.4. The summed E-state index contributed by atoms with van der Waals surface area (Å²) in [4.78, 5) is 12.1. The Hall–Kier alpha value is -0.650. The summed E-state index contributed by atoms with van der Waals surface area (Å²) in [6.07, 6.45) is 2.96. The van der Waals surface area contributed by atoms with Crippen molar-refractivity contribution in [3.63, 3.8) is 0 Å². The minimum absolute atomic E-state index is 0.196. The molecule has 18 heavy (non-hydrogen) atoms. The Bertz CT molecular complexity index is 253. The van der Waals surface area contributed by atoms with Gasteiger partial charge >= 0.3 is 5.97 Å². The lowest BCUT2D eigenvalue weighted by atomic mass is 9.96. The van der Waals surface area contributed by atoms with E-state index >= 15 is 0 Å². The van der Waals surface area contributed by atoms with Crippen LogP contribution in [0.5, 0.6) is 0 Å². The number of methoxy groups -OCH3 is 1. The number of hydrogen-bond donors (Lipinski definition) is 1. The van der Waals surface area contributed by atoms with Crippen molar-refractivity contribution >= 4 is 5.97 Å². The monoisotopic (exact) mass is 259 g/mol. The Morgan fingerprint density at radius 1 is 1.50 bits per heavy atom. The van der Waals surface area contributed by atoms with Gasteiger partial charge in [-0.05, 0) is 26.2 Å². The average Bonchev–Trinajstić information content (AvgIpc) is 2.88. The molecule has 0 amide bonds. The minimum atomic E-state index is -0.753. The Morgan fingerprint density at radius 3 is 2.78 bits per heavy atom. The van der Waals surface area contributed by atoms with E-state index in [0.717, 1.165) is 19.4 Å². The topological polar surface area (TPSA) is 56.8 Å². The number of nitrogens with one attached hydrogen (secondary N) is 1. The normalized spacial score (nSPS) is 22.7. The Morgan fingerprint density at radius 2 is 2.28 bits per heavy atom. The van der Waals surface area contributed by atoms with E-state index in [1.54, 1.807) is 7.11 Å². The summed E-state index contributed by atoms with van der Waals surface area (Å²) < 4.78 is 15.9. The molecule has 1 heterocycles. The molecule has 0 aromatic carbocycles. The van der Waals surface area contributed by atoms with E-state index in [9.17, 15) is 4.79 Å². The maximum absolute atomic E-state index is 12.1. The van der Waals surface area contributed by atoms with Gasteiger partial charge in [0.25, 0.3) is 0 Å². The van der Waals surface area contributed by atoms with Gasteiger partial charge in [-0.2, -0.15) is 0 Å². The van der Waals surface area contributed by atoms with Crippen molar-refractivity contribution < 1.29 is 19.0 Å². The second kappa shape index (κ2) is 7.71. The summed E-state index contributed by atoms with van der Waals surface area (Å²) in [5, 5.41) is 3.29. The molecule has 5 heteroatoms. The molecule has 0 aromatic heterocycles. The highest BCUT2D eigenvalue weighted by Crippen LogP contribution is 2.16. The summed E-state index contributed by atoms with van der Waals surface area (Å²) in [6.45, 7) is 5.94. The zero-order valence-corrected chi connectivity index (χ0v) is 11.7. The highest BCUT2D eigenvalue weighted by molar-refractivity contribution is 5.81. The maximum Gasteiger partial charge on any atom is 0.328 e. The van der Waals surface area contributed by atoms with E-state index in [0.29, 0.717) is 26.2 Å². The van der Waals surface area contributed by atoms with Gasteiger partial charge in [-0.1, -0.05) is 6.92 Å². The summed E-state index contributed by atoms with van der Waals surface area (Å²) in [7, 11) is 1.59. The van der Waals surface area contributed by atoms with Gasteiger partial charge in [0, 0.05) is 20.3 Å². The number of carbonyl (C=O) groups is 1. The molecule has 0 saturated carbocycles. The van der Waals surface area contributed by atoms with Crippen molar-refractivity contribution in [1.82, 2.24) is 5.32 Å². The fourth-order valence-corrected chi connectivity index (χ4v) is 2.18. The molecule has 2 atom stereocenters. The van der Waals surface area contributed by atoms with E-state index in [2.05, 4.69) is 5.32 Å². The Balaban J connectivity index is 2.59. The molecule has 1 aliphatic rings. The first-order valence-electron chi connectivity index (χ1n) is 6.71. The number of esters is 1. The SMILES string of the molecule is CCOC(=O)C(CC)(COC)NCC1CCCO1. The van der Waals surface area contributed by atoms with E-state index in [4.69, 9.17) is 14.2 Å². The van der Waals surface area contributed by atoms with Crippen LogP contribution < -0.4 is 5.32 Å². The fourth-order valence-electron chi connectivity index (χ4n) is 2.18. The molecule has 0 bridgehead atoms. The number of hydrogen-bond acceptors (Lipinski definition) is 5. The molecular formula is C13H25NO4. The highest BCUT2D eigenvalue weighted by atomic mass is 16.5.